The molecule has 1 saturated heterocycles. The molecule has 1 aromatic carbocycles. The van der Waals surface area contributed by atoms with Gasteiger partial charge in [-0.25, -0.2) is 8.42 Å². The molecule has 0 amide bonds. The molecule has 0 aromatic heterocycles. The van der Waals surface area contributed by atoms with Gasteiger partial charge in [-0.2, -0.15) is 9.57 Å². The van der Waals surface area contributed by atoms with Crippen LogP contribution in [0.1, 0.15) is 24.0 Å². The van der Waals surface area contributed by atoms with Gasteiger partial charge in [0, 0.05) is 32.2 Å². The van der Waals surface area contributed by atoms with E-state index in [4.69, 9.17) is 5.26 Å². The lowest BCUT2D eigenvalue weighted by atomic mass is 10.1. The molecule has 2 aliphatic rings. The van der Waals surface area contributed by atoms with E-state index < -0.39 is 10.0 Å². The summed E-state index contributed by atoms with van der Waals surface area (Å²) in [7, 11) is -3.44. The van der Waals surface area contributed by atoms with Crippen molar-refractivity contribution in [2.45, 2.75) is 30.7 Å². The van der Waals surface area contributed by atoms with Crippen molar-refractivity contribution in [3.05, 3.63) is 29.3 Å². The van der Waals surface area contributed by atoms with Crippen molar-refractivity contribution in [2.75, 3.05) is 26.2 Å². The Morgan fingerprint density at radius 2 is 1.86 bits per heavy atom. The molecular weight excluding hydrogens is 286 g/mol. The van der Waals surface area contributed by atoms with E-state index in [1.165, 1.54) is 18.9 Å². The largest absolute Gasteiger partial charge is 0.298 e. The molecule has 1 aliphatic carbocycles. The van der Waals surface area contributed by atoms with E-state index in [-0.39, 0.29) is 0 Å². The Morgan fingerprint density at radius 3 is 2.38 bits per heavy atom. The van der Waals surface area contributed by atoms with Crippen LogP contribution in [0.5, 0.6) is 0 Å². The fraction of sp³-hybridized carbons (Fsp3) is 0.533. The van der Waals surface area contributed by atoms with Gasteiger partial charge in [-0.05, 0) is 43.5 Å². The van der Waals surface area contributed by atoms with Crippen LogP contribution in [0.3, 0.4) is 0 Å². The third-order valence-electron chi connectivity index (χ3n) is 4.29. The van der Waals surface area contributed by atoms with Gasteiger partial charge >= 0.3 is 0 Å². The van der Waals surface area contributed by atoms with Gasteiger partial charge in [0.25, 0.3) is 0 Å². The molecule has 1 saturated carbocycles. The standard InChI is InChI=1S/C15H19N3O2S/c1-12-10-15(5-2-13(12)11-16)21(19,20)18-8-6-17(7-9-18)14-3-4-14/h2,5,10,14H,3-4,6-9H2,1H3. The number of benzene rings is 1. The van der Waals surface area contributed by atoms with Crippen molar-refractivity contribution in [3.63, 3.8) is 0 Å². The maximum absolute atomic E-state index is 12.7. The Morgan fingerprint density at radius 1 is 1.19 bits per heavy atom. The van der Waals surface area contributed by atoms with Gasteiger partial charge in [0.05, 0.1) is 16.5 Å². The van der Waals surface area contributed by atoms with Crippen LogP contribution in [0.4, 0.5) is 0 Å². The number of hydrogen-bond donors (Lipinski definition) is 0. The van der Waals surface area contributed by atoms with Gasteiger partial charge in [-0.15, -0.1) is 0 Å². The second kappa shape index (κ2) is 5.41. The zero-order valence-corrected chi connectivity index (χ0v) is 12.9. The van der Waals surface area contributed by atoms with E-state index in [0.717, 1.165) is 13.1 Å². The van der Waals surface area contributed by atoms with Crippen LogP contribution in [0.25, 0.3) is 0 Å². The molecule has 0 atom stereocenters. The Kier molecular flexibility index (Phi) is 3.74. The van der Waals surface area contributed by atoms with Crippen LogP contribution < -0.4 is 0 Å². The highest BCUT2D eigenvalue weighted by Gasteiger charge is 2.34. The average molecular weight is 305 g/mol. The van der Waals surface area contributed by atoms with E-state index in [0.29, 0.717) is 35.2 Å². The summed E-state index contributed by atoms with van der Waals surface area (Å²) < 4.78 is 26.9. The Bertz CT molecular complexity index is 681. The molecular formula is C15H19N3O2S. The summed E-state index contributed by atoms with van der Waals surface area (Å²) in [5, 5.41) is 8.93. The Labute approximate surface area is 125 Å². The predicted octanol–water partition coefficient (Wildman–Crippen LogP) is 1.34. The van der Waals surface area contributed by atoms with Crippen molar-refractivity contribution in [2.24, 2.45) is 0 Å². The summed E-state index contributed by atoms with van der Waals surface area (Å²) >= 11 is 0. The molecule has 1 aliphatic heterocycles. The molecule has 112 valence electrons. The first-order valence-electron chi connectivity index (χ1n) is 7.27. The quantitative estimate of drug-likeness (QED) is 0.845. The summed E-state index contributed by atoms with van der Waals surface area (Å²) in [6, 6.07) is 7.47. The maximum Gasteiger partial charge on any atom is 0.243 e. The molecule has 2 fully saturated rings. The van der Waals surface area contributed by atoms with Crippen molar-refractivity contribution in [3.8, 4) is 6.07 Å². The minimum atomic E-state index is -3.44. The van der Waals surface area contributed by atoms with Crippen molar-refractivity contribution < 1.29 is 8.42 Å². The molecule has 0 spiro atoms. The first-order valence-corrected chi connectivity index (χ1v) is 8.71. The van der Waals surface area contributed by atoms with Gasteiger partial charge < -0.3 is 0 Å². The molecule has 5 nitrogen and oxygen atoms in total. The van der Waals surface area contributed by atoms with Crippen LogP contribution in [-0.2, 0) is 10.0 Å². The van der Waals surface area contributed by atoms with Gasteiger partial charge in [-0.3, -0.25) is 4.90 Å². The Balaban J connectivity index is 1.77. The second-order valence-electron chi connectivity index (χ2n) is 5.76. The molecule has 0 N–H and O–H groups in total. The minimum absolute atomic E-state index is 0.291. The molecule has 21 heavy (non-hydrogen) atoms. The summed E-state index contributed by atoms with van der Waals surface area (Å²) in [6.45, 7) is 4.51. The normalized spacial score (nSPS) is 21.1. The number of hydrogen-bond acceptors (Lipinski definition) is 4. The van der Waals surface area contributed by atoms with Crippen molar-refractivity contribution in [1.82, 2.24) is 9.21 Å². The lowest BCUT2D eigenvalue weighted by Crippen LogP contribution is -2.49. The molecule has 0 radical (unpaired) electrons. The first-order chi connectivity index (χ1) is 10.0. The molecule has 3 rings (SSSR count). The summed E-state index contributed by atoms with van der Waals surface area (Å²) in [4.78, 5) is 2.68. The van der Waals surface area contributed by atoms with Gasteiger partial charge in [0.1, 0.15) is 0 Å². The molecule has 6 heteroatoms. The second-order valence-corrected chi connectivity index (χ2v) is 7.70. The topological polar surface area (TPSA) is 64.4 Å². The highest BCUT2D eigenvalue weighted by atomic mass is 32.2. The highest BCUT2D eigenvalue weighted by Crippen LogP contribution is 2.28. The monoisotopic (exact) mass is 305 g/mol. The fourth-order valence-electron chi connectivity index (χ4n) is 2.82. The van der Waals surface area contributed by atoms with Crippen LogP contribution in [0, 0.1) is 18.3 Å². The smallest absolute Gasteiger partial charge is 0.243 e. The van der Waals surface area contributed by atoms with Crippen molar-refractivity contribution in [1.29, 1.82) is 5.26 Å². The van der Waals surface area contributed by atoms with E-state index in [2.05, 4.69) is 11.0 Å². The van der Waals surface area contributed by atoms with Crippen LogP contribution in [0.2, 0.25) is 0 Å². The van der Waals surface area contributed by atoms with Crippen LogP contribution in [-0.4, -0.2) is 49.8 Å². The third kappa shape index (κ3) is 2.82. The number of rotatable bonds is 3. The lowest BCUT2D eigenvalue weighted by Gasteiger charge is -2.34. The van der Waals surface area contributed by atoms with Gasteiger partial charge in [0.15, 0.2) is 0 Å². The van der Waals surface area contributed by atoms with Crippen LogP contribution >= 0.6 is 0 Å². The van der Waals surface area contributed by atoms with Crippen molar-refractivity contribution >= 4 is 10.0 Å². The molecule has 1 heterocycles. The number of nitriles is 1. The molecule has 0 unspecified atom stereocenters. The van der Waals surface area contributed by atoms with Crippen LogP contribution in [0.15, 0.2) is 23.1 Å². The molecule has 0 bridgehead atoms. The lowest BCUT2D eigenvalue weighted by molar-refractivity contribution is 0.180. The minimum Gasteiger partial charge on any atom is -0.298 e. The summed E-state index contributed by atoms with van der Waals surface area (Å²) in [6.07, 6.45) is 2.50. The van der Waals surface area contributed by atoms with Gasteiger partial charge in [-0.1, -0.05) is 0 Å². The SMILES string of the molecule is Cc1cc(S(=O)(=O)N2CCN(C3CC3)CC2)ccc1C#N. The predicted molar refractivity (Wildman–Crippen MR) is 79.2 cm³/mol. The number of aryl methyl sites for hydroxylation is 1. The number of piperazine rings is 1. The van der Waals surface area contributed by atoms with E-state index in [1.54, 1.807) is 23.4 Å². The zero-order valence-electron chi connectivity index (χ0n) is 12.1. The summed E-state index contributed by atoms with van der Waals surface area (Å²) in [5.74, 6) is 0. The van der Waals surface area contributed by atoms with E-state index in [9.17, 15) is 8.42 Å². The van der Waals surface area contributed by atoms with Gasteiger partial charge in [0.2, 0.25) is 10.0 Å². The zero-order chi connectivity index (χ0) is 15.0. The Hall–Kier alpha value is -1.42. The third-order valence-corrected chi connectivity index (χ3v) is 6.19. The highest BCUT2D eigenvalue weighted by molar-refractivity contribution is 7.89. The summed E-state index contributed by atoms with van der Waals surface area (Å²) in [5.41, 5.74) is 1.22. The molecule has 1 aromatic rings. The first kappa shape index (κ1) is 14.5. The van der Waals surface area contributed by atoms with E-state index >= 15 is 0 Å². The maximum atomic E-state index is 12.7. The fourth-order valence-corrected chi connectivity index (χ4v) is 4.33. The van der Waals surface area contributed by atoms with E-state index in [1.807, 2.05) is 0 Å². The average Bonchev–Trinajstić information content (AvgIpc) is 3.32. The number of nitrogens with zero attached hydrogens (tertiary/aromatic N) is 3. The number of sulfonamides is 1.